The molecule has 0 radical (unpaired) electrons. The molecule has 256 valence electrons. The maximum atomic E-state index is 14.3. The minimum absolute atomic E-state index is 0.112. The third kappa shape index (κ3) is 7.75. The molecule has 0 spiro atoms. The number of aromatic nitrogens is 3. The number of nitrogens with one attached hydrogen (secondary N) is 1. The molecule has 18 heteroatoms. The average molecular weight is 687 g/mol. The zero-order valence-corrected chi connectivity index (χ0v) is 27.2. The normalized spacial score (nSPS) is 24.6. The number of esters is 3. The van der Waals surface area contributed by atoms with Crippen LogP contribution in [0.15, 0.2) is 48.8 Å². The maximum absolute atomic E-state index is 14.3. The quantitative estimate of drug-likeness (QED) is 0.158. The van der Waals surface area contributed by atoms with E-state index < -0.39 is 62.2 Å². The molecule has 2 aliphatic rings. The van der Waals surface area contributed by atoms with Crippen molar-refractivity contribution in [1.82, 2.24) is 19.7 Å². The number of ether oxygens (including phenoxy) is 5. The number of carbonyl (C=O) groups excluding carboxylic acids is 3. The Balaban J connectivity index is 1.47. The molecule has 2 aromatic heterocycles. The summed E-state index contributed by atoms with van der Waals surface area (Å²) in [6.07, 6.45) is -2.44. The van der Waals surface area contributed by atoms with Crippen LogP contribution in [0.5, 0.6) is 5.75 Å². The topological polar surface area (TPSA) is 225 Å². The van der Waals surface area contributed by atoms with Gasteiger partial charge in [0.15, 0.2) is 18.0 Å². The van der Waals surface area contributed by atoms with E-state index >= 15 is 0 Å². The van der Waals surface area contributed by atoms with Gasteiger partial charge in [-0.25, -0.2) is 14.1 Å². The van der Waals surface area contributed by atoms with Crippen LogP contribution in [-0.2, 0) is 47.2 Å². The highest BCUT2D eigenvalue weighted by Gasteiger charge is 2.62. The molecule has 4 heterocycles. The van der Waals surface area contributed by atoms with Gasteiger partial charge in [0.25, 0.3) is 0 Å². The van der Waals surface area contributed by atoms with E-state index in [1.807, 2.05) is 6.07 Å². The van der Waals surface area contributed by atoms with Crippen molar-refractivity contribution in [3.05, 3.63) is 54.5 Å². The molecule has 3 N–H and O–H groups in total. The second kappa shape index (κ2) is 14.7. The Bertz CT molecular complexity index is 1730. The van der Waals surface area contributed by atoms with Crippen molar-refractivity contribution in [2.75, 3.05) is 25.6 Å². The molecule has 5 rings (SSSR count). The zero-order valence-electron chi connectivity index (χ0n) is 26.3. The third-order valence-electron chi connectivity index (χ3n) is 7.55. The van der Waals surface area contributed by atoms with Crippen molar-refractivity contribution in [3.63, 3.8) is 0 Å². The van der Waals surface area contributed by atoms with Gasteiger partial charge in [-0.15, -0.1) is 0 Å². The van der Waals surface area contributed by atoms with Gasteiger partial charge in [0.1, 0.15) is 48.5 Å². The van der Waals surface area contributed by atoms with E-state index in [4.69, 9.17) is 38.5 Å². The van der Waals surface area contributed by atoms with Crippen LogP contribution >= 0.6 is 7.75 Å². The van der Waals surface area contributed by atoms with Crippen LogP contribution in [0.25, 0.3) is 5.52 Å². The first-order valence-corrected chi connectivity index (χ1v) is 16.5. The van der Waals surface area contributed by atoms with E-state index in [-0.39, 0.29) is 23.4 Å². The molecule has 3 aromatic rings. The molecule has 0 saturated carbocycles. The summed E-state index contributed by atoms with van der Waals surface area (Å²) < 4.78 is 55.5. The zero-order chi connectivity index (χ0) is 34.5. The van der Waals surface area contributed by atoms with E-state index in [2.05, 4.69) is 15.2 Å². The second-order valence-electron chi connectivity index (χ2n) is 11.1. The van der Waals surface area contributed by atoms with Crippen LogP contribution < -0.4 is 15.3 Å². The minimum atomic E-state index is -4.54. The monoisotopic (exact) mass is 686 g/mol. The molecule has 2 aliphatic heterocycles. The molecular weight excluding hydrogens is 651 g/mol. The van der Waals surface area contributed by atoms with Gasteiger partial charge in [0.05, 0.1) is 18.9 Å². The highest BCUT2D eigenvalue weighted by Crippen LogP contribution is 2.50. The summed E-state index contributed by atoms with van der Waals surface area (Å²) in [5, 5.41) is 17.4. The molecule has 0 bridgehead atoms. The lowest BCUT2D eigenvalue weighted by atomic mass is 9.95. The molecule has 0 amide bonds. The molecule has 2 fully saturated rings. The highest BCUT2D eigenvalue weighted by molar-refractivity contribution is 7.52. The molecule has 1 aromatic carbocycles. The predicted octanol–water partition coefficient (Wildman–Crippen LogP) is 2.41. The largest absolute Gasteiger partial charge is 0.461 e. The maximum Gasteiger partial charge on any atom is 0.459 e. The van der Waals surface area contributed by atoms with Crippen molar-refractivity contribution in [1.29, 1.82) is 5.26 Å². The number of benzene rings is 1. The van der Waals surface area contributed by atoms with E-state index in [0.717, 1.165) is 13.8 Å². The van der Waals surface area contributed by atoms with Crippen molar-refractivity contribution in [2.45, 2.75) is 69.7 Å². The van der Waals surface area contributed by atoms with Gasteiger partial charge in [0, 0.05) is 26.7 Å². The summed E-state index contributed by atoms with van der Waals surface area (Å²) in [5.41, 5.74) is 4.42. The van der Waals surface area contributed by atoms with E-state index in [9.17, 15) is 24.2 Å². The second-order valence-corrected chi connectivity index (χ2v) is 12.8. The number of hydrogen-bond donors (Lipinski definition) is 2. The van der Waals surface area contributed by atoms with Crippen molar-refractivity contribution in [2.24, 2.45) is 0 Å². The van der Waals surface area contributed by atoms with Crippen LogP contribution in [-0.4, -0.2) is 82.3 Å². The number of para-hydroxylation sites is 1. The fourth-order valence-electron chi connectivity index (χ4n) is 5.34. The Kier molecular flexibility index (Phi) is 10.6. The number of anilines is 1. The molecule has 17 nitrogen and oxygen atoms in total. The smallest absolute Gasteiger partial charge is 0.459 e. The van der Waals surface area contributed by atoms with Gasteiger partial charge in [-0.3, -0.25) is 18.9 Å². The Hall–Kier alpha value is -4.59. The highest BCUT2D eigenvalue weighted by atomic mass is 31.2. The number of nitrogens with zero attached hydrogens (tertiary/aromatic N) is 4. The first-order valence-electron chi connectivity index (χ1n) is 15.0. The molecule has 48 heavy (non-hydrogen) atoms. The van der Waals surface area contributed by atoms with Gasteiger partial charge in [-0.1, -0.05) is 18.2 Å². The number of nitrogen functional groups attached to an aromatic ring is 1. The fourth-order valence-corrected chi connectivity index (χ4v) is 6.86. The lowest BCUT2D eigenvalue weighted by Gasteiger charge is -2.30. The molecular formula is C30H35N6O11P. The van der Waals surface area contributed by atoms with Gasteiger partial charge >= 0.3 is 25.7 Å². The summed E-state index contributed by atoms with van der Waals surface area (Å²) in [6, 6.07) is 11.9. The van der Waals surface area contributed by atoms with Crippen LogP contribution in [0.3, 0.4) is 0 Å². The van der Waals surface area contributed by atoms with Crippen LogP contribution in [0.4, 0.5) is 5.82 Å². The number of hydrogen-bond acceptors (Lipinski definition) is 15. The Morgan fingerprint density at radius 3 is 2.50 bits per heavy atom. The molecule has 6 atom stereocenters. The third-order valence-corrected chi connectivity index (χ3v) is 9.18. The number of nitriles is 1. The summed E-state index contributed by atoms with van der Waals surface area (Å²) in [5.74, 6) is -2.07. The predicted molar refractivity (Wildman–Crippen MR) is 164 cm³/mol. The average Bonchev–Trinajstić information content (AvgIpc) is 3.61. The first-order chi connectivity index (χ1) is 22.9. The Morgan fingerprint density at radius 1 is 1.12 bits per heavy atom. The number of nitrogens with two attached hydrogens (primary N) is 1. The minimum Gasteiger partial charge on any atom is -0.461 e. The van der Waals surface area contributed by atoms with E-state index in [1.165, 1.54) is 29.9 Å². The van der Waals surface area contributed by atoms with Crippen LogP contribution in [0.2, 0.25) is 0 Å². The Morgan fingerprint density at radius 2 is 1.83 bits per heavy atom. The van der Waals surface area contributed by atoms with Gasteiger partial charge in [-0.05, 0) is 31.2 Å². The molecule has 0 unspecified atom stereocenters. The van der Waals surface area contributed by atoms with Gasteiger partial charge in [-0.2, -0.15) is 15.4 Å². The summed E-state index contributed by atoms with van der Waals surface area (Å²) in [4.78, 5) is 41.6. The molecule has 0 aliphatic carbocycles. The molecule has 2 saturated heterocycles. The number of rotatable bonds is 12. The van der Waals surface area contributed by atoms with Crippen LogP contribution in [0.1, 0.15) is 45.4 Å². The lowest BCUT2D eigenvalue weighted by Crippen LogP contribution is -2.49. The van der Waals surface area contributed by atoms with Gasteiger partial charge < -0.3 is 33.9 Å². The van der Waals surface area contributed by atoms with E-state index in [1.54, 1.807) is 30.3 Å². The van der Waals surface area contributed by atoms with Crippen molar-refractivity contribution < 1.29 is 51.7 Å². The van der Waals surface area contributed by atoms with Crippen LogP contribution in [0, 0.1) is 11.3 Å². The Labute approximate surface area is 275 Å². The number of fused-ring (bicyclic) bond motifs is 1. The summed E-state index contributed by atoms with van der Waals surface area (Å²) in [6.45, 7) is 3.67. The summed E-state index contributed by atoms with van der Waals surface area (Å²) >= 11 is 0. The number of carbonyl (C=O) groups is 3. The van der Waals surface area contributed by atoms with Crippen molar-refractivity contribution in [3.8, 4) is 11.8 Å². The first kappa shape index (κ1) is 34.7. The summed E-state index contributed by atoms with van der Waals surface area (Å²) in [7, 11) is -4.54. The van der Waals surface area contributed by atoms with Gasteiger partial charge in [0.2, 0.25) is 5.60 Å². The fraction of sp³-hybridized carbons (Fsp3) is 0.467. The standard InChI is InChI=1S/C30H35N6O11P/c1-18(29(39)45-21-11-13-41-14-12-21)35-48(40,47-22-7-5-4-6-8-22)42-16-30(15-31)27(44-20(3)38)26(43-19(2)37)25(46-30)23-9-10-24-28(32)33-17-34-36(23)24/h4-10,17-18,21,25-27H,11-14,16H2,1-3H3,(H,35,40)(H2,32,33,34)/t18-,25-,26-,27-,30+,48+/m0/s1. The van der Waals surface area contributed by atoms with Crippen molar-refractivity contribution >= 4 is 37.0 Å². The van der Waals surface area contributed by atoms with E-state index in [0.29, 0.717) is 31.6 Å². The SMILES string of the molecule is CC(=O)O[C@H]1[C@H](c2ccc3c(N)ncnn23)O[C@](C#N)(CO[P@](=O)(N[C@@H](C)C(=O)OC2CCOCC2)Oc2ccccc2)[C@H]1OC(C)=O. The lowest BCUT2D eigenvalue weighted by molar-refractivity contribution is -0.166.